The van der Waals surface area contributed by atoms with E-state index in [4.69, 9.17) is 15.1 Å². The zero-order chi connectivity index (χ0) is 22.2. The van der Waals surface area contributed by atoms with E-state index in [1.807, 2.05) is 47.5 Å². The van der Waals surface area contributed by atoms with Crippen LogP contribution in [-0.4, -0.2) is 49.7 Å². The van der Waals surface area contributed by atoms with Gasteiger partial charge in [0.05, 0.1) is 35.7 Å². The third-order valence-corrected chi connectivity index (χ3v) is 5.68. The summed E-state index contributed by atoms with van der Waals surface area (Å²) < 4.78 is 7.36. The third-order valence-electron chi connectivity index (χ3n) is 5.68. The number of hydrogen-bond acceptors (Lipinski definition) is 8. The van der Waals surface area contributed by atoms with Crippen molar-refractivity contribution in [3.05, 3.63) is 65.7 Å². The van der Waals surface area contributed by atoms with Crippen molar-refractivity contribution >= 4 is 17.8 Å². The molecule has 0 spiro atoms. The van der Waals surface area contributed by atoms with Crippen molar-refractivity contribution in [3.8, 4) is 17.3 Å². The van der Waals surface area contributed by atoms with Crippen LogP contribution >= 0.6 is 0 Å². The number of anilines is 1. The highest BCUT2D eigenvalue weighted by Gasteiger charge is 2.43. The maximum Gasteiger partial charge on any atom is 0.181 e. The molecule has 32 heavy (non-hydrogen) atoms. The number of fused-ring (bicyclic) bond motifs is 1. The number of aromatic nitrogens is 2. The van der Waals surface area contributed by atoms with Gasteiger partial charge in [-0.2, -0.15) is 10.4 Å². The largest absolute Gasteiger partial charge is 0.388 e. The number of aliphatic imine (C=N–C) groups is 1. The molecule has 5 rings (SSSR count). The van der Waals surface area contributed by atoms with Gasteiger partial charge in [-0.15, -0.1) is 0 Å². The molecule has 1 aromatic heterocycles. The molecule has 3 aromatic rings. The van der Waals surface area contributed by atoms with Gasteiger partial charge in [0.15, 0.2) is 12.0 Å². The van der Waals surface area contributed by atoms with Gasteiger partial charge in [0.1, 0.15) is 18.5 Å². The number of ether oxygens (including phenoxy) is 1. The molecule has 3 N–H and O–H groups in total. The van der Waals surface area contributed by atoms with Crippen molar-refractivity contribution in [3.63, 3.8) is 0 Å². The fraction of sp³-hybridized carbons (Fsp3) is 0.261. The SMILES string of the molecule is C[C@H]1O[C@@H](n2nc(-c3ccccc3)c3c2N=CN(Nc2ccc(C#N)cc2)C3)[C@H](O)[C@@H]1O. The minimum Gasteiger partial charge on any atom is -0.388 e. The zero-order valence-electron chi connectivity index (χ0n) is 17.3. The van der Waals surface area contributed by atoms with Crippen molar-refractivity contribution in [1.29, 1.82) is 5.26 Å². The van der Waals surface area contributed by atoms with Crippen molar-refractivity contribution in [1.82, 2.24) is 14.8 Å². The number of nitriles is 1. The molecule has 4 atom stereocenters. The summed E-state index contributed by atoms with van der Waals surface area (Å²) in [6.07, 6.45) is -1.81. The van der Waals surface area contributed by atoms with Crippen LogP contribution in [-0.2, 0) is 11.3 Å². The molecule has 1 fully saturated rings. The molecular formula is C23H22N6O3. The third kappa shape index (κ3) is 3.50. The minimum atomic E-state index is -1.11. The highest BCUT2D eigenvalue weighted by atomic mass is 16.6. The Morgan fingerprint density at radius 2 is 1.84 bits per heavy atom. The number of aliphatic hydroxyl groups excluding tert-OH is 2. The summed E-state index contributed by atoms with van der Waals surface area (Å²) in [4.78, 5) is 4.59. The summed E-state index contributed by atoms with van der Waals surface area (Å²) in [6, 6.07) is 19.0. The van der Waals surface area contributed by atoms with Gasteiger partial charge in [0.2, 0.25) is 0 Å². The lowest BCUT2D eigenvalue weighted by Crippen LogP contribution is -2.32. The van der Waals surface area contributed by atoms with Crippen LogP contribution in [0.4, 0.5) is 11.5 Å². The normalized spacial score (nSPS) is 24.2. The van der Waals surface area contributed by atoms with E-state index in [9.17, 15) is 10.2 Å². The fourth-order valence-electron chi connectivity index (χ4n) is 3.97. The quantitative estimate of drug-likeness (QED) is 0.582. The van der Waals surface area contributed by atoms with E-state index in [1.54, 1.807) is 30.1 Å². The lowest BCUT2D eigenvalue weighted by molar-refractivity contribution is -0.0384. The minimum absolute atomic E-state index is 0.462. The zero-order valence-corrected chi connectivity index (χ0v) is 17.3. The van der Waals surface area contributed by atoms with Gasteiger partial charge in [-0.1, -0.05) is 30.3 Å². The molecule has 0 bridgehead atoms. The first-order chi connectivity index (χ1) is 15.5. The van der Waals surface area contributed by atoms with Crippen LogP contribution in [0.1, 0.15) is 24.3 Å². The smallest absolute Gasteiger partial charge is 0.181 e. The molecule has 9 heteroatoms. The van der Waals surface area contributed by atoms with Crippen LogP contribution in [0.25, 0.3) is 11.3 Å². The maximum atomic E-state index is 10.5. The Labute approximate surface area is 184 Å². The second kappa shape index (κ2) is 8.09. The first-order valence-electron chi connectivity index (χ1n) is 10.3. The molecular weight excluding hydrogens is 408 g/mol. The van der Waals surface area contributed by atoms with E-state index in [2.05, 4.69) is 16.5 Å². The molecule has 0 unspecified atom stereocenters. The predicted octanol–water partition coefficient (Wildman–Crippen LogP) is 2.56. The first-order valence-corrected chi connectivity index (χ1v) is 10.3. The number of rotatable bonds is 4. The predicted molar refractivity (Wildman–Crippen MR) is 118 cm³/mol. The van der Waals surface area contributed by atoms with Crippen LogP contribution < -0.4 is 5.43 Å². The Morgan fingerprint density at radius 1 is 1.09 bits per heavy atom. The summed E-state index contributed by atoms with van der Waals surface area (Å²) in [5.74, 6) is 0.576. The molecule has 9 nitrogen and oxygen atoms in total. The molecule has 2 aliphatic heterocycles. The van der Waals surface area contributed by atoms with E-state index in [0.717, 1.165) is 22.5 Å². The standard InChI is InChI=1S/C23H22N6O3/c1-14-20(30)21(31)23(32-14)29-22-18(19(27-29)16-5-3-2-4-6-16)12-28(13-25-22)26-17-9-7-15(11-24)8-10-17/h2-10,13-14,20-21,23,26,30-31H,12H2,1H3/t14-,20-,21-,23-/m1/s1. The second-order valence-corrected chi connectivity index (χ2v) is 7.85. The summed E-state index contributed by atoms with van der Waals surface area (Å²) in [5.41, 5.74) is 7.19. The van der Waals surface area contributed by atoms with E-state index in [1.165, 1.54) is 0 Å². The van der Waals surface area contributed by atoms with E-state index >= 15 is 0 Å². The number of benzene rings is 2. The highest BCUT2D eigenvalue weighted by molar-refractivity contribution is 5.75. The highest BCUT2D eigenvalue weighted by Crippen LogP contribution is 2.39. The molecule has 2 aliphatic rings. The van der Waals surface area contributed by atoms with Crippen LogP contribution in [0, 0.1) is 11.3 Å². The Morgan fingerprint density at radius 3 is 2.50 bits per heavy atom. The van der Waals surface area contributed by atoms with Crippen LogP contribution in [0.15, 0.2) is 59.6 Å². The van der Waals surface area contributed by atoms with Gasteiger partial charge in [0, 0.05) is 11.1 Å². The average Bonchev–Trinajstić information content (AvgIpc) is 3.32. The van der Waals surface area contributed by atoms with Crippen molar-refractivity contribution in [2.45, 2.75) is 38.0 Å². The Balaban J connectivity index is 1.50. The van der Waals surface area contributed by atoms with E-state index in [0.29, 0.717) is 17.9 Å². The summed E-state index contributed by atoms with van der Waals surface area (Å²) in [7, 11) is 0. The summed E-state index contributed by atoms with van der Waals surface area (Å²) in [6.45, 7) is 2.18. The molecule has 1 saturated heterocycles. The van der Waals surface area contributed by atoms with Gasteiger partial charge in [-0.05, 0) is 31.2 Å². The molecule has 0 aliphatic carbocycles. The molecule has 3 heterocycles. The topological polar surface area (TPSA) is 119 Å². The van der Waals surface area contributed by atoms with E-state index in [-0.39, 0.29) is 0 Å². The van der Waals surface area contributed by atoms with Crippen molar-refractivity contribution in [2.75, 3.05) is 5.43 Å². The van der Waals surface area contributed by atoms with Crippen LogP contribution in [0.3, 0.4) is 0 Å². The van der Waals surface area contributed by atoms with Gasteiger partial charge in [0.25, 0.3) is 0 Å². The van der Waals surface area contributed by atoms with Gasteiger partial charge in [-0.25, -0.2) is 9.67 Å². The van der Waals surface area contributed by atoms with Gasteiger partial charge < -0.3 is 14.9 Å². The Kier molecular flexibility index (Phi) is 5.11. The van der Waals surface area contributed by atoms with E-state index < -0.39 is 24.5 Å². The number of hydrazine groups is 1. The Bertz CT molecular complexity index is 1180. The lowest BCUT2D eigenvalue weighted by atomic mass is 10.1. The second-order valence-electron chi connectivity index (χ2n) is 7.85. The average molecular weight is 430 g/mol. The summed E-state index contributed by atoms with van der Waals surface area (Å²) >= 11 is 0. The number of nitrogens with one attached hydrogen (secondary N) is 1. The molecule has 0 saturated carbocycles. The fourth-order valence-corrected chi connectivity index (χ4v) is 3.97. The molecule has 0 radical (unpaired) electrons. The lowest BCUT2D eigenvalue weighted by Gasteiger charge is -2.25. The monoisotopic (exact) mass is 430 g/mol. The van der Waals surface area contributed by atoms with Crippen LogP contribution in [0.2, 0.25) is 0 Å². The van der Waals surface area contributed by atoms with Crippen molar-refractivity contribution in [2.24, 2.45) is 4.99 Å². The number of nitrogens with zero attached hydrogens (tertiary/aromatic N) is 5. The number of aliphatic hydroxyl groups is 2. The van der Waals surface area contributed by atoms with Crippen LogP contribution in [0.5, 0.6) is 0 Å². The molecule has 2 aromatic carbocycles. The van der Waals surface area contributed by atoms with Gasteiger partial charge >= 0.3 is 0 Å². The number of hydrogen-bond donors (Lipinski definition) is 3. The van der Waals surface area contributed by atoms with Gasteiger partial charge in [-0.3, -0.25) is 10.4 Å². The van der Waals surface area contributed by atoms with Crippen molar-refractivity contribution < 1.29 is 14.9 Å². The summed E-state index contributed by atoms with van der Waals surface area (Å²) in [5, 5.41) is 36.3. The molecule has 0 amide bonds. The Hall–Kier alpha value is -3.71. The molecule has 162 valence electrons. The maximum absolute atomic E-state index is 10.5. The first kappa shape index (κ1) is 20.2.